The molecule has 2 rings (SSSR count). The molecular weight excluding hydrogens is 266 g/mol. The summed E-state index contributed by atoms with van der Waals surface area (Å²) in [6.45, 7) is 0. The number of carbonyl (C=O) groups excluding carboxylic acids is 1. The SMILES string of the molecule is O=C(Cl)c1ccc(S(=O)(=O)n2cncn2)cc1. The molecule has 0 bridgehead atoms. The molecule has 0 radical (unpaired) electrons. The van der Waals surface area contributed by atoms with E-state index in [-0.39, 0.29) is 10.5 Å². The lowest BCUT2D eigenvalue weighted by Crippen LogP contribution is -2.13. The van der Waals surface area contributed by atoms with Gasteiger partial charge in [-0.05, 0) is 35.9 Å². The van der Waals surface area contributed by atoms with Gasteiger partial charge in [0.15, 0.2) is 0 Å². The lowest BCUT2D eigenvalue weighted by atomic mass is 10.2. The molecule has 0 amide bonds. The summed E-state index contributed by atoms with van der Waals surface area (Å²) in [4.78, 5) is 14.4. The monoisotopic (exact) mass is 271 g/mol. The van der Waals surface area contributed by atoms with Crippen LogP contribution in [0.15, 0.2) is 41.8 Å². The van der Waals surface area contributed by atoms with E-state index in [9.17, 15) is 13.2 Å². The van der Waals surface area contributed by atoms with E-state index < -0.39 is 15.3 Å². The number of rotatable bonds is 3. The third-order valence-corrected chi connectivity index (χ3v) is 3.79. The van der Waals surface area contributed by atoms with Crippen LogP contribution in [0.2, 0.25) is 0 Å². The highest BCUT2D eigenvalue weighted by Crippen LogP contribution is 2.14. The molecule has 0 fully saturated rings. The highest BCUT2D eigenvalue weighted by Gasteiger charge is 2.17. The van der Waals surface area contributed by atoms with Gasteiger partial charge in [-0.15, -0.1) is 9.19 Å². The van der Waals surface area contributed by atoms with Crippen LogP contribution in [0, 0.1) is 0 Å². The van der Waals surface area contributed by atoms with E-state index in [2.05, 4.69) is 10.1 Å². The number of hydrogen-bond donors (Lipinski definition) is 0. The summed E-state index contributed by atoms with van der Waals surface area (Å²) in [6, 6.07) is 5.23. The zero-order valence-corrected chi connectivity index (χ0v) is 9.89. The van der Waals surface area contributed by atoms with E-state index >= 15 is 0 Å². The molecule has 0 aliphatic rings. The van der Waals surface area contributed by atoms with Crippen molar-refractivity contribution in [1.29, 1.82) is 0 Å². The van der Waals surface area contributed by atoms with Crippen molar-refractivity contribution in [2.24, 2.45) is 0 Å². The Morgan fingerprint density at radius 3 is 2.35 bits per heavy atom. The molecule has 88 valence electrons. The molecule has 1 heterocycles. The topological polar surface area (TPSA) is 81.9 Å². The van der Waals surface area contributed by atoms with Gasteiger partial charge in [-0.25, -0.2) is 4.98 Å². The van der Waals surface area contributed by atoms with Crippen LogP contribution >= 0.6 is 11.6 Å². The molecule has 0 saturated heterocycles. The van der Waals surface area contributed by atoms with Crippen LogP contribution < -0.4 is 0 Å². The van der Waals surface area contributed by atoms with Crippen LogP contribution in [-0.4, -0.2) is 27.8 Å². The third kappa shape index (κ3) is 2.20. The normalized spacial score (nSPS) is 11.4. The first-order valence-electron chi connectivity index (χ1n) is 4.42. The number of carbonyl (C=O) groups is 1. The van der Waals surface area contributed by atoms with Gasteiger partial charge in [-0.2, -0.15) is 8.42 Å². The molecule has 0 unspecified atom stereocenters. The Labute approximate surface area is 102 Å². The highest BCUT2D eigenvalue weighted by molar-refractivity contribution is 7.89. The predicted molar refractivity (Wildman–Crippen MR) is 59.2 cm³/mol. The Morgan fingerprint density at radius 1 is 1.24 bits per heavy atom. The highest BCUT2D eigenvalue weighted by atomic mass is 35.5. The number of aromatic nitrogens is 3. The number of halogens is 1. The Hall–Kier alpha value is -1.73. The molecule has 0 N–H and O–H groups in total. The number of hydrogen-bond acceptors (Lipinski definition) is 5. The molecule has 17 heavy (non-hydrogen) atoms. The molecule has 0 aliphatic heterocycles. The number of benzene rings is 1. The summed E-state index contributed by atoms with van der Waals surface area (Å²) in [7, 11) is -3.75. The molecule has 0 atom stereocenters. The molecule has 8 heteroatoms. The summed E-state index contributed by atoms with van der Waals surface area (Å²) in [5.41, 5.74) is 0.226. The molecular formula is C9H6ClN3O3S. The fraction of sp³-hybridized carbons (Fsp3) is 0. The van der Waals surface area contributed by atoms with E-state index in [1.807, 2.05) is 0 Å². The third-order valence-electron chi connectivity index (χ3n) is 2.02. The van der Waals surface area contributed by atoms with Gasteiger partial charge in [0, 0.05) is 5.56 Å². The molecule has 0 aliphatic carbocycles. The zero-order chi connectivity index (χ0) is 12.5. The Morgan fingerprint density at radius 2 is 1.88 bits per heavy atom. The van der Waals surface area contributed by atoms with Gasteiger partial charge in [0.05, 0.1) is 4.90 Å². The fourth-order valence-corrected chi connectivity index (χ4v) is 2.35. The van der Waals surface area contributed by atoms with Crippen molar-refractivity contribution in [2.75, 3.05) is 0 Å². The molecule has 0 saturated carbocycles. The van der Waals surface area contributed by atoms with Gasteiger partial charge in [-0.3, -0.25) is 4.79 Å². The summed E-state index contributed by atoms with van der Waals surface area (Å²) in [6.07, 6.45) is 2.20. The minimum atomic E-state index is -3.75. The largest absolute Gasteiger partial charge is 0.284 e. The second kappa shape index (κ2) is 4.27. The van der Waals surface area contributed by atoms with Crippen LogP contribution in [0.1, 0.15) is 10.4 Å². The van der Waals surface area contributed by atoms with Crippen molar-refractivity contribution in [2.45, 2.75) is 4.90 Å². The maximum atomic E-state index is 11.9. The minimum Gasteiger partial charge on any atom is -0.276 e. The van der Waals surface area contributed by atoms with Gasteiger partial charge in [-0.1, -0.05) is 0 Å². The van der Waals surface area contributed by atoms with Crippen LogP contribution in [0.3, 0.4) is 0 Å². The zero-order valence-electron chi connectivity index (χ0n) is 8.32. The van der Waals surface area contributed by atoms with Gasteiger partial charge >= 0.3 is 0 Å². The van der Waals surface area contributed by atoms with Crippen LogP contribution in [-0.2, 0) is 10.0 Å². The standard InChI is InChI=1S/C9H6ClN3O3S/c10-9(14)7-1-3-8(4-2-7)17(15,16)13-6-11-5-12-13/h1-6H. The van der Waals surface area contributed by atoms with Gasteiger partial charge < -0.3 is 0 Å². The summed E-state index contributed by atoms with van der Waals surface area (Å²) < 4.78 is 24.6. The Bertz CT molecular complexity index is 635. The van der Waals surface area contributed by atoms with E-state index in [1.165, 1.54) is 24.3 Å². The average Bonchev–Trinajstić information content (AvgIpc) is 2.83. The first-order chi connectivity index (χ1) is 8.01. The fourth-order valence-electron chi connectivity index (χ4n) is 1.19. The van der Waals surface area contributed by atoms with Crippen LogP contribution in [0.25, 0.3) is 0 Å². The van der Waals surface area contributed by atoms with Gasteiger partial charge in [0.2, 0.25) is 0 Å². The molecule has 6 nitrogen and oxygen atoms in total. The van der Waals surface area contributed by atoms with Crippen molar-refractivity contribution in [3.8, 4) is 0 Å². The Kier molecular flexibility index (Phi) is 2.95. The first-order valence-corrected chi connectivity index (χ1v) is 6.24. The summed E-state index contributed by atoms with van der Waals surface area (Å²) >= 11 is 5.25. The summed E-state index contributed by atoms with van der Waals surface area (Å²) in [5.74, 6) is 0. The Balaban J connectivity index is 2.45. The maximum absolute atomic E-state index is 11.9. The maximum Gasteiger partial charge on any atom is 0.284 e. The minimum absolute atomic E-state index is 0.00432. The van der Waals surface area contributed by atoms with Gasteiger partial charge in [0.25, 0.3) is 15.3 Å². The average molecular weight is 272 g/mol. The second-order valence-electron chi connectivity index (χ2n) is 3.07. The van der Waals surface area contributed by atoms with E-state index in [0.29, 0.717) is 0 Å². The van der Waals surface area contributed by atoms with Crippen molar-refractivity contribution < 1.29 is 13.2 Å². The number of nitrogens with zero attached hydrogens (tertiary/aromatic N) is 3. The first kappa shape index (κ1) is 11.7. The van der Waals surface area contributed by atoms with E-state index in [4.69, 9.17) is 11.6 Å². The van der Waals surface area contributed by atoms with E-state index in [0.717, 1.165) is 16.7 Å². The van der Waals surface area contributed by atoms with Gasteiger partial charge in [0.1, 0.15) is 12.7 Å². The lowest BCUT2D eigenvalue weighted by Gasteiger charge is -2.03. The molecule has 1 aromatic carbocycles. The smallest absolute Gasteiger partial charge is 0.276 e. The lowest BCUT2D eigenvalue weighted by molar-refractivity contribution is 0.108. The van der Waals surface area contributed by atoms with Crippen molar-refractivity contribution >= 4 is 26.9 Å². The van der Waals surface area contributed by atoms with E-state index in [1.54, 1.807) is 0 Å². The summed E-state index contributed by atoms with van der Waals surface area (Å²) in [5, 5.41) is 2.90. The quantitative estimate of drug-likeness (QED) is 0.775. The molecule has 1 aromatic heterocycles. The molecule has 2 aromatic rings. The molecule has 0 spiro atoms. The predicted octanol–water partition coefficient (Wildman–Crippen LogP) is 0.894. The van der Waals surface area contributed by atoms with Crippen molar-refractivity contribution in [3.63, 3.8) is 0 Å². The second-order valence-corrected chi connectivity index (χ2v) is 5.21. The van der Waals surface area contributed by atoms with Crippen LogP contribution in [0.4, 0.5) is 0 Å². The van der Waals surface area contributed by atoms with Crippen molar-refractivity contribution in [3.05, 3.63) is 42.5 Å². The van der Waals surface area contributed by atoms with Crippen molar-refractivity contribution in [1.82, 2.24) is 14.2 Å². The van der Waals surface area contributed by atoms with Crippen LogP contribution in [0.5, 0.6) is 0 Å².